The Morgan fingerprint density at radius 3 is 2.42 bits per heavy atom. The molecular formula is C28H33ClF2N2O6S. The number of hydrogen-bond acceptors (Lipinski definition) is 6. The van der Waals surface area contributed by atoms with Gasteiger partial charge in [-0.1, -0.05) is 18.5 Å². The van der Waals surface area contributed by atoms with Crippen molar-refractivity contribution in [3.8, 4) is 0 Å². The fourth-order valence-electron chi connectivity index (χ4n) is 6.03. The van der Waals surface area contributed by atoms with E-state index in [9.17, 15) is 37.0 Å². The van der Waals surface area contributed by atoms with E-state index in [1.54, 1.807) is 13.8 Å². The molecule has 3 unspecified atom stereocenters. The topological polar surface area (TPSA) is 133 Å². The molecule has 8 nitrogen and oxygen atoms in total. The summed E-state index contributed by atoms with van der Waals surface area (Å²) in [6.45, 7) is 5.05. The van der Waals surface area contributed by atoms with Gasteiger partial charge in [0.1, 0.15) is 0 Å². The van der Waals surface area contributed by atoms with E-state index in [2.05, 4.69) is 10.6 Å². The van der Waals surface area contributed by atoms with E-state index >= 15 is 0 Å². The monoisotopic (exact) mass is 598 g/mol. The molecule has 5 atom stereocenters. The predicted octanol–water partition coefficient (Wildman–Crippen LogP) is 4.09. The van der Waals surface area contributed by atoms with Gasteiger partial charge in [-0.2, -0.15) is 0 Å². The Bertz CT molecular complexity index is 1430. The zero-order valence-corrected chi connectivity index (χ0v) is 24.0. The van der Waals surface area contributed by atoms with E-state index < -0.39 is 61.6 Å². The summed E-state index contributed by atoms with van der Waals surface area (Å²) in [7, 11) is -4.06. The van der Waals surface area contributed by atoms with Crippen LogP contribution in [0.1, 0.15) is 56.8 Å². The van der Waals surface area contributed by atoms with Crippen molar-refractivity contribution in [1.29, 1.82) is 0 Å². The van der Waals surface area contributed by atoms with E-state index in [-0.39, 0.29) is 52.9 Å². The Labute approximate surface area is 237 Å². The van der Waals surface area contributed by atoms with Crippen LogP contribution in [-0.2, 0) is 14.6 Å². The van der Waals surface area contributed by atoms with Crippen LogP contribution in [0, 0.1) is 29.4 Å². The molecule has 0 aromatic heterocycles. The molecule has 12 heteroatoms. The average molecular weight is 599 g/mol. The summed E-state index contributed by atoms with van der Waals surface area (Å²) in [6.07, 6.45) is 0.573. The number of anilines is 1. The molecule has 0 heterocycles. The van der Waals surface area contributed by atoms with E-state index in [0.29, 0.717) is 6.42 Å². The minimum Gasteiger partial charge on any atom is -0.389 e. The molecule has 4 rings (SSSR count). The van der Waals surface area contributed by atoms with Crippen LogP contribution in [0.2, 0.25) is 5.02 Å². The number of sulfone groups is 1. The number of hydrogen-bond donors (Lipinski definition) is 4. The van der Waals surface area contributed by atoms with Crippen molar-refractivity contribution in [2.24, 2.45) is 17.8 Å². The number of carbonyl (C=O) groups is 2. The number of halogens is 3. The molecule has 0 saturated heterocycles. The molecule has 2 aliphatic rings. The molecule has 2 aromatic rings. The molecule has 0 spiro atoms. The molecule has 0 radical (unpaired) electrons. The van der Waals surface area contributed by atoms with E-state index in [0.717, 1.165) is 18.2 Å². The predicted molar refractivity (Wildman–Crippen MR) is 146 cm³/mol. The summed E-state index contributed by atoms with van der Waals surface area (Å²) < 4.78 is 54.4. The molecule has 2 bridgehead atoms. The molecule has 2 saturated carbocycles. The quantitative estimate of drug-likeness (QED) is 0.362. The summed E-state index contributed by atoms with van der Waals surface area (Å²) in [5, 5.41) is 25.6. The summed E-state index contributed by atoms with van der Waals surface area (Å²) in [4.78, 5) is 25.2. The van der Waals surface area contributed by atoms with Gasteiger partial charge in [-0.05, 0) is 81.2 Å². The highest BCUT2D eigenvalue weighted by Gasteiger charge is 2.59. The first-order chi connectivity index (χ1) is 18.5. The van der Waals surface area contributed by atoms with Crippen LogP contribution in [0.25, 0.3) is 0 Å². The standard InChI is InChI=1S/C28H33ClF2N2O6S/c1-15-8-17-10-19(12-20(15)28(17,37)13-25(34)32-14-27(2,3)36)40(38,39)24-9-16(4-6-21(24)29)26(35)33-18-5-7-22(30)23(31)11-18/h4-7,9,11,15,17,19-20,36-37H,8,10,12-14H2,1-3H3,(H,32,34)(H,33,35)/t15-,17?,19?,20?,28+/m0/s1. The summed E-state index contributed by atoms with van der Waals surface area (Å²) in [6, 6.07) is 6.62. The first kappa shape index (κ1) is 30.4. The maximum atomic E-state index is 13.8. The minimum atomic E-state index is -4.06. The highest BCUT2D eigenvalue weighted by atomic mass is 35.5. The van der Waals surface area contributed by atoms with Gasteiger partial charge in [-0.3, -0.25) is 9.59 Å². The van der Waals surface area contributed by atoms with E-state index in [1.165, 1.54) is 18.2 Å². The molecule has 2 amide bonds. The van der Waals surface area contributed by atoms with Crippen molar-refractivity contribution in [3.05, 3.63) is 58.6 Å². The van der Waals surface area contributed by atoms with Gasteiger partial charge in [0, 0.05) is 23.9 Å². The lowest BCUT2D eigenvalue weighted by molar-refractivity contribution is -0.134. The number of amides is 2. The Hall–Kier alpha value is -2.60. The van der Waals surface area contributed by atoms with Crippen LogP contribution in [0.3, 0.4) is 0 Å². The average Bonchev–Trinajstić information content (AvgIpc) is 2.97. The third-order valence-corrected chi connectivity index (χ3v) is 10.7. The first-order valence-electron chi connectivity index (χ1n) is 13.0. The Morgan fingerprint density at radius 2 is 1.80 bits per heavy atom. The number of aliphatic hydroxyl groups is 2. The summed E-state index contributed by atoms with van der Waals surface area (Å²) in [5.74, 6) is -4.31. The summed E-state index contributed by atoms with van der Waals surface area (Å²) in [5.41, 5.74) is -2.55. The largest absolute Gasteiger partial charge is 0.389 e. The molecular weight excluding hydrogens is 566 g/mol. The van der Waals surface area contributed by atoms with Gasteiger partial charge in [-0.15, -0.1) is 0 Å². The Kier molecular flexibility index (Phi) is 8.35. The van der Waals surface area contributed by atoms with Gasteiger partial charge in [0.15, 0.2) is 21.5 Å². The van der Waals surface area contributed by atoms with Gasteiger partial charge in [0.05, 0.1) is 32.8 Å². The molecule has 218 valence electrons. The smallest absolute Gasteiger partial charge is 0.255 e. The normalized spacial score (nSPS) is 26.4. The van der Waals surface area contributed by atoms with Gasteiger partial charge in [-0.25, -0.2) is 17.2 Å². The van der Waals surface area contributed by atoms with Gasteiger partial charge < -0.3 is 20.8 Å². The van der Waals surface area contributed by atoms with Crippen LogP contribution >= 0.6 is 11.6 Å². The third kappa shape index (κ3) is 6.17. The Balaban J connectivity index is 1.53. The maximum absolute atomic E-state index is 13.8. The van der Waals surface area contributed by atoms with Crippen LogP contribution in [0.15, 0.2) is 41.3 Å². The third-order valence-electron chi connectivity index (χ3n) is 8.03. The molecule has 2 aromatic carbocycles. The van der Waals surface area contributed by atoms with Gasteiger partial charge in [0.25, 0.3) is 5.91 Å². The molecule has 2 fully saturated rings. The number of carbonyl (C=O) groups excluding carboxylic acids is 2. The zero-order valence-electron chi connectivity index (χ0n) is 22.4. The zero-order chi connectivity index (χ0) is 29.6. The van der Waals surface area contributed by atoms with Crippen molar-refractivity contribution in [1.82, 2.24) is 5.32 Å². The van der Waals surface area contributed by atoms with Crippen molar-refractivity contribution in [2.45, 2.75) is 67.8 Å². The Morgan fingerprint density at radius 1 is 1.10 bits per heavy atom. The highest BCUT2D eigenvalue weighted by Crippen LogP contribution is 2.56. The number of nitrogens with one attached hydrogen (secondary N) is 2. The van der Waals surface area contributed by atoms with Crippen LogP contribution in [-0.4, -0.2) is 53.4 Å². The second-order valence-corrected chi connectivity index (χ2v) is 14.2. The minimum absolute atomic E-state index is 0.00743. The second-order valence-electron chi connectivity index (χ2n) is 11.6. The molecule has 0 aliphatic heterocycles. The van der Waals surface area contributed by atoms with Crippen LogP contribution in [0.4, 0.5) is 14.5 Å². The lowest BCUT2D eigenvalue weighted by Gasteiger charge is -2.43. The maximum Gasteiger partial charge on any atom is 0.255 e. The molecule has 2 aliphatic carbocycles. The molecule has 4 N–H and O–H groups in total. The van der Waals surface area contributed by atoms with Crippen molar-refractivity contribution >= 4 is 38.9 Å². The SMILES string of the molecule is C[C@H]1CC2CC(S(=O)(=O)c3cc(C(=O)Nc4ccc(F)c(F)c4)ccc3Cl)CC1[C@@]2(O)CC(=O)NCC(C)(C)O. The van der Waals surface area contributed by atoms with E-state index in [4.69, 9.17) is 11.6 Å². The number of benzene rings is 2. The van der Waals surface area contributed by atoms with Crippen molar-refractivity contribution in [3.63, 3.8) is 0 Å². The number of rotatable bonds is 8. The van der Waals surface area contributed by atoms with Gasteiger partial charge >= 0.3 is 0 Å². The lowest BCUT2D eigenvalue weighted by Crippen LogP contribution is -2.52. The lowest BCUT2D eigenvalue weighted by atomic mass is 9.71. The van der Waals surface area contributed by atoms with Crippen LogP contribution < -0.4 is 10.6 Å². The summed E-state index contributed by atoms with van der Waals surface area (Å²) >= 11 is 6.29. The highest BCUT2D eigenvalue weighted by molar-refractivity contribution is 7.92. The van der Waals surface area contributed by atoms with Crippen molar-refractivity contribution in [2.75, 3.05) is 11.9 Å². The van der Waals surface area contributed by atoms with Gasteiger partial charge in [0.2, 0.25) is 5.91 Å². The fourth-order valence-corrected chi connectivity index (χ4v) is 8.41. The second kappa shape index (κ2) is 11.0. The first-order valence-corrected chi connectivity index (χ1v) is 14.9. The molecule has 40 heavy (non-hydrogen) atoms. The van der Waals surface area contributed by atoms with Crippen molar-refractivity contribution < 1.29 is 37.0 Å². The van der Waals surface area contributed by atoms with E-state index in [1.807, 2.05) is 6.92 Å². The number of fused-ring (bicyclic) bond motifs is 2. The van der Waals surface area contributed by atoms with Crippen LogP contribution in [0.5, 0.6) is 0 Å². The fraction of sp³-hybridized carbons (Fsp3) is 0.500.